The molecule has 3 aromatic rings. The number of nitrogens with one attached hydrogen (secondary N) is 2. The maximum Gasteiger partial charge on any atom is 0.416 e. The Bertz CT molecular complexity index is 1530. The van der Waals surface area contributed by atoms with Crippen molar-refractivity contribution in [2.45, 2.75) is 51.3 Å². The Morgan fingerprint density at radius 1 is 0.957 bits per heavy atom. The van der Waals surface area contributed by atoms with Crippen LogP contribution in [0.5, 0.6) is 5.75 Å². The number of ether oxygens (including phenoxy) is 1. The topological polar surface area (TPSA) is 94.1 Å². The second-order valence-electron chi connectivity index (χ2n) is 11.8. The minimum absolute atomic E-state index is 0.101. The number of fused-ring (bicyclic) bond motifs is 1. The van der Waals surface area contributed by atoms with E-state index in [0.717, 1.165) is 36.4 Å². The molecule has 47 heavy (non-hydrogen) atoms. The number of aliphatic hydroxyl groups excluding tert-OH is 1. The molecule has 3 amide bonds. The molecule has 3 aromatic carbocycles. The molecule has 0 radical (unpaired) electrons. The van der Waals surface area contributed by atoms with Crippen molar-refractivity contribution in [3.8, 4) is 5.75 Å². The average Bonchev–Trinajstić information content (AvgIpc) is 3.03. The maximum atomic E-state index is 13.5. The molecule has 0 saturated carbocycles. The van der Waals surface area contributed by atoms with Gasteiger partial charge < -0.3 is 25.4 Å². The molecule has 4 rings (SSSR count). The average molecular weight is 667 g/mol. The number of likely N-dealkylation sites (N-methyl/N-ethyl adjacent to an activating group) is 1. The van der Waals surface area contributed by atoms with E-state index in [1.54, 1.807) is 30.0 Å². The molecule has 3 atom stereocenters. The van der Waals surface area contributed by atoms with Crippen LogP contribution < -0.4 is 15.4 Å². The van der Waals surface area contributed by atoms with Gasteiger partial charge in [0.15, 0.2) is 0 Å². The van der Waals surface area contributed by atoms with Gasteiger partial charge in [0.2, 0.25) is 5.91 Å². The van der Waals surface area contributed by atoms with Crippen LogP contribution in [-0.2, 0) is 30.1 Å². The van der Waals surface area contributed by atoms with Gasteiger partial charge in [-0.1, -0.05) is 19.1 Å². The van der Waals surface area contributed by atoms with Crippen LogP contribution in [0, 0.1) is 5.92 Å². The van der Waals surface area contributed by atoms with Gasteiger partial charge in [-0.3, -0.25) is 9.69 Å². The van der Waals surface area contributed by atoms with Crippen molar-refractivity contribution in [3.05, 3.63) is 89.0 Å². The summed E-state index contributed by atoms with van der Waals surface area (Å²) in [5.41, 5.74) is -0.0112. The first kappa shape index (κ1) is 35.6. The first-order valence-corrected chi connectivity index (χ1v) is 14.8. The largest absolute Gasteiger partial charge is 0.488 e. The lowest BCUT2D eigenvalue weighted by molar-refractivity contribution is -0.138. The van der Waals surface area contributed by atoms with Gasteiger partial charge in [-0.15, -0.1) is 0 Å². The van der Waals surface area contributed by atoms with Crippen molar-refractivity contribution < 1.29 is 45.8 Å². The predicted octanol–water partition coefficient (Wildman–Crippen LogP) is 6.65. The number of hydrogen-bond donors (Lipinski definition) is 3. The maximum absolute atomic E-state index is 13.5. The Labute approximate surface area is 268 Å². The quantitative estimate of drug-likeness (QED) is 0.234. The lowest BCUT2D eigenvalue weighted by atomic mass is 10.0. The third-order valence-electron chi connectivity index (χ3n) is 7.87. The van der Waals surface area contributed by atoms with Crippen LogP contribution in [-0.4, -0.2) is 65.7 Å². The van der Waals surface area contributed by atoms with Crippen molar-refractivity contribution in [2.24, 2.45) is 5.92 Å². The summed E-state index contributed by atoms with van der Waals surface area (Å²) in [6, 6.07) is 12.4. The minimum Gasteiger partial charge on any atom is -0.488 e. The van der Waals surface area contributed by atoms with E-state index in [-0.39, 0.29) is 37.1 Å². The van der Waals surface area contributed by atoms with E-state index in [9.17, 15) is 41.0 Å². The lowest BCUT2D eigenvalue weighted by Gasteiger charge is -2.34. The molecule has 1 aliphatic rings. The van der Waals surface area contributed by atoms with Crippen molar-refractivity contribution in [2.75, 3.05) is 37.4 Å². The van der Waals surface area contributed by atoms with E-state index in [1.165, 1.54) is 12.1 Å². The number of amides is 3. The van der Waals surface area contributed by atoms with Crippen molar-refractivity contribution in [3.63, 3.8) is 0 Å². The molecule has 14 heteroatoms. The predicted molar refractivity (Wildman–Crippen MR) is 164 cm³/mol. The van der Waals surface area contributed by atoms with Crippen LogP contribution in [0.2, 0.25) is 0 Å². The smallest absolute Gasteiger partial charge is 0.416 e. The van der Waals surface area contributed by atoms with Crippen LogP contribution in [0.15, 0.2) is 66.7 Å². The highest BCUT2D eigenvalue weighted by Gasteiger charge is 2.33. The summed E-state index contributed by atoms with van der Waals surface area (Å²) in [7, 11) is 1.81. The number of halogens is 6. The molecule has 0 aromatic heterocycles. The van der Waals surface area contributed by atoms with Gasteiger partial charge in [0.25, 0.3) is 0 Å². The fourth-order valence-electron chi connectivity index (χ4n) is 5.24. The number of anilines is 2. The number of alkyl halides is 6. The molecule has 0 unspecified atom stereocenters. The highest BCUT2D eigenvalue weighted by Crippen LogP contribution is 2.32. The van der Waals surface area contributed by atoms with Crippen molar-refractivity contribution in [1.82, 2.24) is 9.80 Å². The molecule has 3 N–H and O–H groups in total. The normalized spacial score (nSPS) is 18.0. The number of rotatable bonds is 8. The van der Waals surface area contributed by atoms with E-state index >= 15 is 0 Å². The van der Waals surface area contributed by atoms with Gasteiger partial charge in [-0.05, 0) is 74.1 Å². The zero-order chi connectivity index (χ0) is 34.5. The molecule has 254 valence electrons. The van der Waals surface area contributed by atoms with Crippen molar-refractivity contribution in [1.29, 1.82) is 0 Å². The van der Waals surface area contributed by atoms with E-state index in [2.05, 4.69) is 10.6 Å². The number of nitrogens with zero attached hydrogens (tertiary/aromatic N) is 2. The molecule has 0 aliphatic carbocycles. The second-order valence-corrected chi connectivity index (χ2v) is 11.8. The van der Waals surface area contributed by atoms with Gasteiger partial charge in [0.1, 0.15) is 11.9 Å². The summed E-state index contributed by atoms with van der Waals surface area (Å²) in [5.74, 6) is -0.0973. The first-order chi connectivity index (χ1) is 22.0. The van der Waals surface area contributed by atoms with E-state index in [4.69, 9.17) is 4.74 Å². The van der Waals surface area contributed by atoms with E-state index < -0.39 is 41.7 Å². The molecule has 0 spiro atoms. The summed E-state index contributed by atoms with van der Waals surface area (Å²) >= 11 is 0. The number of carbonyl (C=O) groups is 2. The third kappa shape index (κ3) is 9.61. The Morgan fingerprint density at radius 3 is 2.09 bits per heavy atom. The highest BCUT2D eigenvalue weighted by atomic mass is 19.4. The Kier molecular flexibility index (Phi) is 11.1. The summed E-state index contributed by atoms with van der Waals surface area (Å²) in [4.78, 5) is 29.6. The van der Waals surface area contributed by atoms with Crippen LogP contribution in [0.25, 0.3) is 0 Å². The Hall–Kier alpha value is -4.30. The van der Waals surface area contributed by atoms with Crippen molar-refractivity contribution >= 4 is 23.3 Å². The number of aliphatic hydroxyl groups is 1. The molecule has 1 aliphatic heterocycles. The van der Waals surface area contributed by atoms with Gasteiger partial charge in [0.05, 0.1) is 30.2 Å². The Balaban J connectivity index is 1.52. The fourth-order valence-corrected chi connectivity index (χ4v) is 5.24. The summed E-state index contributed by atoms with van der Waals surface area (Å²) in [5, 5.41) is 15.0. The van der Waals surface area contributed by atoms with Crippen LogP contribution >= 0.6 is 0 Å². The van der Waals surface area contributed by atoms with Gasteiger partial charge in [0, 0.05) is 42.5 Å². The molecule has 1 heterocycles. The van der Waals surface area contributed by atoms with Crippen LogP contribution in [0.4, 0.5) is 42.5 Å². The third-order valence-corrected chi connectivity index (χ3v) is 7.87. The zero-order valence-corrected chi connectivity index (χ0v) is 26.0. The number of hydrogen-bond acceptors (Lipinski definition) is 5. The number of urea groups is 1. The lowest BCUT2D eigenvalue weighted by Crippen LogP contribution is -2.47. The fraction of sp³-hybridized carbons (Fsp3) is 0.394. The van der Waals surface area contributed by atoms with E-state index in [1.807, 2.05) is 18.9 Å². The number of benzene rings is 3. The van der Waals surface area contributed by atoms with E-state index in [0.29, 0.717) is 35.7 Å². The minimum atomic E-state index is -4.51. The monoisotopic (exact) mass is 666 g/mol. The van der Waals surface area contributed by atoms with Crippen LogP contribution in [0.3, 0.4) is 0 Å². The zero-order valence-electron chi connectivity index (χ0n) is 26.0. The summed E-state index contributed by atoms with van der Waals surface area (Å²) in [6.07, 6.45) is -9.52. The second kappa shape index (κ2) is 14.6. The first-order valence-electron chi connectivity index (χ1n) is 14.8. The molecular weight excluding hydrogens is 630 g/mol. The number of carbonyl (C=O) groups excluding carboxylic acids is 2. The SMILES string of the molecule is C[C@H]1CN([C@@H](C)CO)C(=O)Cc2cc(NC(=O)Nc3ccc(C(F)(F)F)cc3)ccc2O[C@H]1CN(C)Cc1ccc(C(F)(F)F)cc1. The molecular formula is C33H36F6N4O4. The molecule has 0 saturated heterocycles. The highest BCUT2D eigenvalue weighted by molar-refractivity contribution is 6.00. The molecule has 0 bridgehead atoms. The standard InChI is InChI=1S/C33H36F6N4O4/c1-20-16-43(21(2)19-44)30(45)15-23-14-27(41-31(46)40-26-10-8-25(9-11-26)33(37,38)39)12-13-28(23)47-29(20)18-42(3)17-22-4-6-24(7-5-22)32(34,35)36/h4-14,20-21,29,44H,15-19H2,1-3H3,(H2,40,41,46)/t20-,21-,29-/m0/s1. The molecule has 0 fully saturated rings. The van der Waals surface area contributed by atoms with Gasteiger partial charge in [-0.2, -0.15) is 26.3 Å². The molecule has 8 nitrogen and oxygen atoms in total. The summed E-state index contributed by atoms with van der Waals surface area (Å²) < 4.78 is 84.0. The summed E-state index contributed by atoms with van der Waals surface area (Å²) in [6.45, 7) is 4.33. The van der Waals surface area contributed by atoms with Crippen LogP contribution in [0.1, 0.15) is 36.1 Å². The van der Waals surface area contributed by atoms with Gasteiger partial charge >= 0.3 is 18.4 Å². The van der Waals surface area contributed by atoms with Gasteiger partial charge in [-0.25, -0.2) is 4.79 Å². The Morgan fingerprint density at radius 2 is 1.51 bits per heavy atom.